The van der Waals surface area contributed by atoms with Crippen LogP contribution in [0.4, 0.5) is 0 Å². The molecule has 0 aromatic heterocycles. The molecule has 2 nitrogen and oxygen atoms in total. The summed E-state index contributed by atoms with van der Waals surface area (Å²) in [6, 6.07) is 8.66. The highest BCUT2D eigenvalue weighted by Crippen LogP contribution is 2.28. The minimum atomic E-state index is 0.216. The fourth-order valence-corrected chi connectivity index (χ4v) is 2.38. The molecule has 106 valence electrons. The van der Waals surface area contributed by atoms with Crippen molar-refractivity contribution >= 4 is 0 Å². The molecule has 1 heterocycles. The van der Waals surface area contributed by atoms with Crippen LogP contribution in [0.15, 0.2) is 24.3 Å². The fourth-order valence-electron chi connectivity index (χ4n) is 2.38. The first-order valence-electron chi connectivity index (χ1n) is 7.41. The minimum Gasteiger partial charge on any atom is -0.372 e. The van der Waals surface area contributed by atoms with Crippen LogP contribution in [0.2, 0.25) is 0 Å². The number of ether oxygens (including phenoxy) is 1. The Labute approximate surface area is 117 Å². The molecule has 1 N–H and O–H groups in total. The third-order valence-corrected chi connectivity index (χ3v) is 4.57. The summed E-state index contributed by atoms with van der Waals surface area (Å²) in [6.07, 6.45) is 1.26. The van der Waals surface area contributed by atoms with Crippen LogP contribution in [0, 0.1) is 11.3 Å². The SMILES string of the molecule is CC(C)C(C)(C)CNCC1OCCc2ccccc21. The zero-order valence-electron chi connectivity index (χ0n) is 12.7. The molecule has 0 amide bonds. The largest absolute Gasteiger partial charge is 0.372 e. The molecule has 1 aromatic carbocycles. The fraction of sp³-hybridized carbons (Fsp3) is 0.647. The second-order valence-corrected chi connectivity index (χ2v) is 6.58. The van der Waals surface area contributed by atoms with Crippen LogP contribution in [0.5, 0.6) is 0 Å². The minimum absolute atomic E-state index is 0.216. The Hall–Kier alpha value is -0.860. The van der Waals surface area contributed by atoms with Gasteiger partial charge in [-0.25, -0.2) is 0 Å². The molecular formula is C17H27NO. The summed E-state index contributed by atoms with van der Waals surface area (Å²) in [5.41, 5.74) is 3.14. The number of hydrogen-bond acceptors (Lipinski definition) is 2. The van der Waals surface area contributed by atoms with E-state index in [1.54, 1.807) is 0 Å². The maximum absolute atomic E-state index is 5.92. The summed E-state index contributed by atoms with van der Waals surface area (Å²) in [5, 5.41) is 3.59. The van der Waals surface area contributed by atoms with E-state index < -0.39 is 0 Å². The van der Waals surface area contributed by atoms with Gasteiger partial charge in [0.25, 0.3) is 0 Å². The van der Waals surface area contributed by atoms with Crippen molar-refractivity contribution < 1.29 is 4.74 Å². The lowest BCUT2D eigenvalue weighted by molar-refractivity contribution is 0.0401. The standard InChI is InChI=1S/C17H27NO/c1-13(2)17(3,4)12-18-11-16-15-8-6-5-7-14(15)9-10-19-16/h5-8,13,16,18H,9-12H2,1-4H3. The maximum Gasteiger partial charge on any atom is 0.0952 e. The van der Waals surface area contributed by atoms with Crippen LogP contribution in [0.25, 0.3) is 0 Å². The van der Waals surface area contributed by atoms with E-state index >= 15 is 0 Å². The number of rotatable bonds is 5. The Morgan fingerprint density at radius 2 is 2.05 bits per heavy atom. The van der Waals surface area contributed by atoms with Gasteiger partial charge in [-0.2, -0.15) is 0 Å². The van der Waals surface area contributed by atoms with Crippen molar-refractivity contribution in [1.82, 2.24) is 5.32 Å². The van der Waals surface area contributed by atoms with Gasteiger partial charge in [-0.1, -0.05) is 52.0 Å². The molecule has 1 aromatic rings. The summed E-state index contributed by atoms with van der Waals surface area (Å²) in [7, 11) is 0. The van der Waals surface area contributed by atoms with Crippen LogP contribution in [0.1, 0.15) is 44.9 Å². The highest BCUT2D eigenvalue weighted by Gasteiger charge is 2.24. The van der Waals surface area contributed by atoms with Crippen LogP contribution >= 0.6 is 0 Å². The maximum atomic E-state index is 5.92. The van der Waals surface area contributed by atoms with Crippen LogP contribution in [-0.2, 0) is 11.2 Å². The molecule has 1 unspecified atom stereocenters. The zero-order valence-corrected chi connectivity index (χ0v) is 12.7. The predicted molar refractivity (Wildman–Crippen MR) is 80.3 cm³/mol. The highest BCUT2D eigenvalue weighted by molar-refractivity contribution is 5.31. The van der Waals surface area contributed by atoms with Gasteiger partial charge in [0, 0.05) is 13.1 Å². The van der Waals surface area contributed by atoms with Crippen molar-refractivity contribution in [3.8, 4) is 0 Å². The van der Waals surface area contributed by atoms with Crippen molar-refractivity contribution in [2.75, 3.05) is 19.7 Å². The Bertz CT molecular complexity index is 411. The lowest BCUT2D eigenvalue weighted by Crippen LogP contribution is -2.36. The van der Waals surface area contributed by atoms with E-state index in [4.69, 9.17) is 4.74 Å². The van der Waals surface area contributed by atoms with E-state index in [-0.39, 0.29) is 6.10 Å². The molecular weight excluding hydrogens is 234 g/mol. The third-order valence-electron chi connectivity index (χ3n) is 4.57. The Morgan fingerprint density at radius 1 is 1.32 bits per heavy atom. The first kappa shape index (κ1) is 14.5. The van der Waals surface area contributed by atoms with E-state index in [9.17, 15) is 0 Å². The molecule has 0 aliphatic carbocycles. The lowest BCUT2D eigenvalue weighted by Gasteiger charge is -2.32. The van der Waals surface area contributed by atoms with Crippen LogP contribution in [0.3, 0.4) is 0 Å². The molecule has 2 heteroatoms. The van der Waals surface area contributed by atoms with E-state index in [0.29, 0.717) is 11.3 Å². The Kier molecular flexibility index (Phi) is 4.64. The first-order valence-corrected chi connectivity index (χ1v) is 7.41. The quantitative estimate of drug-likeness (QED) is 0.875. The normalized spacial score (nSPS) is 19.5. The molecule has 0 fully saturated rings. The molecule has 0 radical (unpaired) electrons. The summed E-state index contributed by atoms with van der Waals surface area (Å²) in [4.78, 5) is 0. The van der Waals surface area contributed by atoms with Gasteiger partial charge in [-0.15, -0.1) is 0 Å². The molecule has 2 rings (SSSR count). The van der Waals surface area contributed by atoms with Gasteiger partial charge >= 0.3 is 0 Å². The van der Waals surface area contributed by atoms with E-state index in [1.807, 2.05) is 0 Å². The first-order chi connectivity index (χ1) is 9.00. The Balaban J connectivity index is 1.91. The van der Waals surface area contributed by atoms with E-state index in [2.05, 4.69) is 57.3 Å². The van der Waals surface area contributed by atoms with E-state index in [1.165, 1.54) is 11.1 Å². The number of benzene rings is 1. The molecule has 1 atom stereocenters. The second-order valence-electron chi connectivity index (χ2n) is 6.58. The smallest absolute Gasteiger partial charge is 0.0952 e. The van der Waals surface area contributed by atoms with Crippen LogP contribution < -0.4 is 5.32 Å². The van der Waals surface area contributed by atoms with Gasteiger partial charge in [0.1, 0.15) is 0 Å². The molecule has 0 bridgehead atoms. The van der Waals surface area contributed by atoms with Gasteiger partial charge in [0.05, 0.1) is 12.7 Å². The summed E-state index contributed by atoms with van der Waals surface area (Å²) < 4.78 is 5.92. The highest BCUT2D eigenvalue weighted by atomic mass is 16.5. The van der Waals surface area contributed by atoms with Gasteiger partial charge in [-0.3, -0.25) is 0 Å². The van der Waals surface area contributed by atoms with Crippen molar-refractivity contribution in [3.05, 3.63) is 35.4 Å². The van der Waals surface area contributed by atoms with Crippen molar-refractivity contribution in [3.63, 3.8) is 0 Å². The van der Waals surface area contributed by atoms with Crippen molar-refractivity contribution in [2.45, 2.75) is 40.2 Å². The second kappa shape index (κ2) is 6.06. The summed E-state index contributed by atoms with van der Waals surface area (Å²) >= 11 is 0. The van der Waals surface area contributed by atoms with E-state index in [0.717, 1.165) is 26.1 Å². The lowest BCUT2D eigenvalue weighted by atomic mass is 9.81. The van der Waals surface area contributed by atoms with Gasteiger partial charge in [0.15, 0.2) is 0 Å². The summed E-state index contributed by atoms with van der Waals surface area (Å²) in [5.74, 6) is 0.680. The average molecular weight is 261 g/mol. The average Bonchev–Trinajstić information content (AvgIpc) is 2.38. The molecule has 1 aliphatic rings. The predicted octanol–water partition coefficient (Wildman–Crippen LogP) is 3.57. The zero-order chi connectivity index (χ0) is 13.9. The van der Waals surface area contributed by atoms with Crippen LogP contribution in [-0.4, -0.2) is 19.7 Å². The van der Waals surface area contributed by atoms with Gasteiger partial charge in [0.2, 0.25) is 0 Å². The summed E-state index contributed by atoms with van der Waals surface area (Å²) in [6.45, 7) is 12.0. The number of hydrogen-bond donors (Lipinski definition) is 1. The third kappa shape index (κ3) is 3.58. The van der Waals surface area contributed by atoms with Gasteiger partial charge in [-0.05, 0) is 28.9 Å². The molecule has 0 saturated heterocycles. The topological polar surface area (TPSA) is 21.3 Å². The monoisotopic (exact) mass is 261 g/mol. The molecule has 0 spiro atoms. The number of fused-ring (bicyclic) bond motifs is 1. The van der Waals surface area contributed by atoms with Crippen molar-refractivity contribution in [2.24, 2.45) is 11.3 Å². The molecule has 0 saturated carbocycles. The van der Waals surface area contributed by atoms with Crippen molar-refractivity contribution in [1.29, 1.82) is 0 Å². The molecule has 1 aliphatic heterocycles. The van der Waals surface area contributed by atoms with Gasteiger partial charge < -0.3 is 10.1 Å². The Morgan fingerprint density at radius 3 is 2.79 bits per heavy atom. The molecule has 19 heavy (non-hydrogen) atoms. The number of nitrogens with one attached hydrogen (secondary N) is 1.